The lowest BCUT2D eigenvalue weighted by molar-refractivity contribution is -0.671. The molecule has 0 unspecified atom stereocenters. The third-order valence-corrected chi connectivity index (χ3v) is 12.0. The zero-order valence-electron chi connectivity index (χ0n) is 28.8. The number of hydrogen-bond donors (Lipinski definition) is 0. The number of benzene rings is 2. The van der Waals surface area contributed by atoms with Crippen LogP contribution >= 0.6 is 21.6 Å². The SMILES string of the molecule is C[n+]1ccc(/C=C/c2ccc(N3CCN(CCSSCCN4CCN(c5ccc(CCc6cc[n+](C)cc6)cc5)CC4)CC3)cc2)cc1. The zero-order valence-corrected chi connectivity index (χ0v) is 30.4. The zero-order chi connectivity index (χ0) is 33.0. The molecule has 0 aliphatic carbocycles. The summed E-state index contributed by atoms with van der Waals surface area (Å²) in [5.41, 5.74) is 8.00. The van der Waals surface area contributed by atoms with Gasteiger partial charge in [-0.1, -0.05) is 58.0 Å². The maximum absolute atomic E-state index is 2.64. The van der Waals surface area contributed by atoms with Gasteiger partial charge in [-0.05, 0) is 59.4 Å². The number of nitrogens with zero attached hydrogens (tertiary/aromatic N) is 6. The van der Waals surface area contributed by atoms with Crippen LogP contribution in [0.5, 0.6) is 0 Å². The van der Waals surface area contributed by atoms with Crippen molar-refractivity contribution in [2.24, 2.45) is 14.1 Å². The van der Waals surface area contributed by atoms with Gasteiger partial charge in [-0.2, -0.15) is 0 Å². The molecule has 2 aliphatic rings. The number of hydrogen-bond acceptors (Lipinski definition) is 6. The topological polar surface area (TPSA) is 20.7 Å². The van der Waals surface area contributed by atoms with Crippen LogP contribution in [0.4, 0.5) is 11.4 Å². The molecule has 0 saturated carbocycles. The van der Waals surface area contributed by atoms with Gasteiger partial charge in [-0.3, -0.25) is 9.80 Å². The summed E-state index contributed by atoms with van der Waals surface area (Å²) in [5.74, 6) is 2.42. The van der Waals surface area contributed by atoms with Crippen molar-refractivity contribution in [2.45, 2.75) is 12.8 Å². The maximum atomic E-state index is 2.64. The van der Waals surface area contributed by atoms with E-state index in [1.54, 1.807) is 0 Å². The number of piperazine rings is 2. The summed E-state index contributed by atoms with van der Waals surface area (Å²) in [5, 5.41) is 0. The van der Waals surface area contributed by atoms with Crippen LogP contribution in [-0.2, 0) is 26.9 Å². The first-order valence-corrected chi connectivity index (χ1v) is 20.0. The quantitative estimate of drug-likeness (QED) is 0.0974. The molecule has 4 aromatic rings. The van der Waals surface area contributed by atoms with Crippen LogP contribution in [0.1, 0.15) is 22.3 Å². The number of aromatic nitrogens is 2. The largest absolute Gasteiger partial charge is 0.369 e. The summed E-state index contributed by atoms with van der Waals surface area (Å²) in [6.45, 7) is 11.5. The minimum atomic E-state index is 1.09. The van der Waals surface area contributed by atoms with Crippen molar-refractivity contribution in [1.82, 2.24) is 9.80 Å². The second kappa shape index (κ2) is 17.9. The standard InChI is InChI=1S/C40H52N6S2/c1-41-19-15-37(16-20-41)5-3-35-7-11-39(12-8-35)45-27-23-43(24-28-45)31-33-47-48-34-32-44-25-29-46(30-26-44)40-13-9-36(10-14-40)4-6-38-17-21-42(2)22-18-38/h3,5,7-22H,4,6,23-34H2,1-2H3/q+2. The first-order valence-electron chi connectivity index (χ1n) is 17.5. The lowest BCUT2D eigenvalue weighted by Gasteiger charge is -2.36. The molecule has 2 fully saturated rings. The monoisotopic (exact) mass is 680 g/mol. The molecule has 0 amide bonds. The molecule has 6 nitrogen and oxygen atoms in total. The Morgan fingerprint density at radius 1 is 0.500 bits per heavy atom. The summed E-state index contributed by atoms with van der Waals surface area (Å²) in [4.78, 5) is 10.4. The number of aryl methyl sites for hydroxylation is 4. The van der Waals surface area contributed by atoms with Gasteiger partial charge in [0.2, 0.25) is 0 Å². The van der Waals surface area contributed by atoms with Crippen LogP contribution in [-0.4, -0.2) is 86.8 Å². The Hall–Kier alpha value is -3.30. The normalized spacial score (nSPS) is 16.2. The van der Waals surface area contributed by atoms with E-state index in [2.05, 4.69) is 167 Å². The van der Waals surface area contributed by atoms with Gasteiger partial charge in [-0.25, -0.2) is 9.13 Å². The average molecular weight is 681 g/mol. The Morgan fingerprint density at radius 2 is 0.896 bits per heavy atom. The van der Waals surface area contributed by atoms with Crippen molar-refractivity contribution >= 4 is 45.1 Å². The van der Waals surface area contributed by atoms with Gasteiger partial charge in [0.25, 0.3) is 0 Å². The van der Waals surface area contributed by atoms with E-state index in [0.717, 1.165) is 65.2 Å². The predicted molar refractivity (Wildman–Crippen MR) is 207 cm³/mol. The number of anilines is 2. The van der Waals surface area contributed by atoms with Gasteiger partial charge < -0.3 is 9.80 Å². The molecule has 0 N–H and O–H groups in total. The molecule has 4 heterocycles. The molecule has 2 aromatic carbocycles. The highest BCUT2D eigenvalue weighted by atomic mass is 33.1. The first kappa shape index (κ1) is 34.6. The van der Waals surface area contributed by atoms with Gasteiger partial charge in [0.05, 0.1) is 0 Å². The Labute approximate surface area is 296 Å². The van der Waals surface area contributed by atoms with Crippen LogP contribution < -0.4 is 18.9 Å². The molecule has 8 heteroatoms. The summed E-state index contributed by atoms with van der Waals surface area (Å²) < 4.78 is 4.15. The minimum Gasteiger partial charge on any atom is -0.369 e. The van der Waals surface area contributed by atoms with E-state index in [9.17, 15) is 0 Å². The van der Waals surface area contributed by atoms with Gasteiger partial charge in [-0.15, -0.1) is 0 Å². The summed E-state index contributed by atoms with van der Waals surface area (Å²) in [6.07, 6.45) is 15.0. The van der Waals surface area contributed by atoms with Crippen LogP contribution in [0.2, 0.25) is 0 Å². The predicted octanol–water partition coefficient (Wildman–Crippen LogP) is 5.62. The molecular weight excluding hydrogens is 629 g/mol. The molecule has 48 heavy (non-hydrogen) atoms. The summed E-state index contributed by atoms with van der Waals surface area (Å²) in [7, 11) is 8.23. The Balaban J connectivity index is 0.800. The van der Waals surface area contributed by atoms with Crippen molar-refractivity contribution < 1.29 is 9.13 Å². The molecule has 0 spiro atoms. The minimum absolute atomic E-state index is 1.09. The lowest BCUT2D eigenvalue weighted by atomic mass is 10.0. The van der Waals surface area contributed by atoms with E-state index in [0.29, 0.717) is 0 Å². The van der Waals surface area contributed by atoms with E-state index >= 15 is 0 Å². The second-order valence-corrected chi connectivity index (χ2v) is 15.8. The highest BCUT2D eigenvalue weighted by Gasteiger charge is 2.18. The molecule has 2 saturated heterocycles. The van der Waals surface area contributed by atoms with Crippen molar-refractivity contribution in [2.75, 3.05) is 86.8 Å². The second-order valence-electron chi connectivity index (χ2n) is 13.1. The lowest BCUT2D eigenvalue weighted by Crippen LogP contribution is -2.47. The maximum Gasteiger partial charge on any atom is 0.169 e. The van der Waals surface area contributed by atoms with Crippen molar-refractivity contribution in [3.05, 3.63) is 120 Å². The van der Waals surface area contributed by atoms with E-state index in [4.69, 9.17) is 0 Å². The first-order chi connectivity index (χ1) is 23.6. The summed E-state index contributed by atoms with van der Waals surface area (Å²) >= 11 is 0. The van der Waals surface area contributed by atoms with Gasteiger partial charge in [0.1, 0.15) is 14.1 Å². The molecule has 0 radical (unpaired) electrons. The highest BCUT2D eigenvalue weighted by Crippen LogP contribution is 2.24. The Bertz CT molecular complexity index is 1540. The van der Waals surface area contributed by atoms with Gasteiger partial charge in [0, 0.05) is 113 Å². The van der Waals surface area contributed by atoms with E-state index in [1.165, 1.54) is 58.2 Å². The molecule has 252 valence electrons. The fraction of sp³-hybridized carbons (Fsp3) is 0.400. The van der Waals surface area contributed by atoms with Crippen molar-refractivity contribution in [1.29, 1.82) is 0 Å². The van der Waals surface area contributed by atoms with Crippen LogP contribution in [0.25, 0.3) is 12.2 Å². The van der Waals surface area contributed by atoms with Crippen LogP contribution in [0.3, 0.4) is 0 Å². The van der Waals surface area contributed by atoms with Gasteiger partial charge >= 0.3 is 0 Å². The third-order valence-electron chi connectivity index (χ3n) is 9.59. The van der Waals surface area contributed by atoms with Crippen LogP contribution in [0, 0.1) is 0 Å². The number of pyridine rings is 2. The number of rotatable bonds is 14. The summed E-state index contributed by atoms with van der Waals surface area (Å²) in [6, 6.07) is 27.0. The molecule has 2 aliphatic heterocycles. The molecule has 2 aromatic heterocycles. The Morgan fingerprint density at radius 3 is 1.38 bits per heavy atom. The van der Waals surface area contributed by atoms with E-state index in [1.807, 2.05) is 7.05 Å². The van der Waals surface area contributed by atoms with E-state index in [-0.39, 0.29) is 0 Å². The fourth-order valence-corrected chi connectivity index (χ4v) is 8.44. The van der Waals surface area contributed by atoms with Crippen molar-refractivity contribution in [3.63, 3.8) is 0 Å². The highest BCUT2D eigenvalue weighted by molar-refractivity contribution is 8.76. The smallest absolute Gasteiger partial charge is 0.169 e. The van der Waals surface area contributed by atoms with Crippen LogP contribution in [0.15, 0.2) is 97.6 Å². The molecule has 0 atom stereocenters. The molecular formula is C40H52N6S2+2. The third kappa shape index (κ3) is 10.6. The Kier molecular flexibility index (Phi) is 12.9. The van der Waals surface area contributed by atoms with Crippen molar-refractivity contribution in [3.8, 4) is 0 Å². The van der Waals surface area contributed by atoms with E-state index < -0.39 is 0 Å². The van der Waals surface area contributed by atoms with Gasteiger partial charge in [0.15, 0.2) is 24.8 Å². The molecule has 0 bridgehead atoms. The fourth-order valence-electron chi connectivity index (χ4n) is 6.38. The molecule has 6 rings (SSSR count). The average Bonchev–Trinajstić information content (AvgIpc) is 3.14.